The molecular formula is C20H22N6O2+. The van der Waals surface area contributed by atoms with Crippen molar-refractivity contribution >= 4 is 17.3 Å². The number of ether oxygens (including phenoxy) is 2. The van der Waals surface area contributed by atoms with Gasteiger partial charge in [-0.2, -0.15) is 10.1 Å². The number of para-hydroxylation sites is 1. The lowest BCUT2D eigenvalue weighted by Crippen LogP contribution is -2.45. The van der Waals surface area contributed by atoms with Gasteiger partial charge in [-0.25, -0.2) is 0 Å². The molecule has 0 saturated heterocycles. The summed E-state index contributed by atoms with van der Waals surface area (Å²) in [6, 6.07) is 7.85. The second-order valence-electron chi connectivity index (χ2n) is 6.97. The fourth-order valence-corrected chi connectivity index (χ4v) is 3.56. The van der Waals surface area contributed by atoms with Crippen LogP contribution in [0.15, 0.2) is 53.7 Å². The van der Waals surface area contributed by atoms with E-state index in [1.54, 1.807) is 20.4 Å². The summed E-state index contributed by atoms with van der Waals surface area (Å²) in [5, 5.41) is 11.0. The number of aliphatic imine (C=N–C) groups is 1. The molecule has 2 N–H and O–H groups in total. The normalized spacial score (nSPS) is 18.6. The highest BCUT2D eigenvalue weighted by Gasteiger charge is 2.39. The number of nitrogens with one attached hydrogen (secondary N) is 2. The molecule has 0 spiro atoms. The molecule has 143 valence electrons. The summed E-state index contributed by atoms with van der Waals surface area (Å²) >= 11 is 0. The van der Waals surface area contributed by atoms with Crippen molar-refractivity contribution in [1.82, 2.24) is 15.1 Å². The molecule has 1 aliphatic carbocycles. The lowest BCUT2D eigenvalue weighted by molar-refractivity contribution is 0.395. The first-order valence-corrected chi connectivity index (χ1v) is 9.31. The van der Waals surface area contributed by atoms with Crippen LogP contribution in [0.25, 0.3) is 0 Å². The Balaban J connectivity index is 1.51. The van der Waals surface area contributed by atoms with Gasteiger partial charge in [0.05, 0.1) is 26.6 Å². The van der Waals surface area contributed by atoms with Gasteiger partial charge in [0.25, 0.3) is 11.7 Å². The average molecular weight is 378 g/mol. The van der Waals surface area contributed by atoms with Gasteiger partial charge in [0.2, 0.25) is 0 Å². The Morgan fingerprint density at radius 2 is 2.00 bits per heavy atom. The predicted octanol–water partition coefficient (Wildman–Crippen LogP) is 3.06. The number of amidine groups is 1. The third-order valence-corrected chi connectivity index (χ3v) is 5.13. The summed E-state index contributed by atoms with van der Waals surface area (Å²) in [5.41, 5.74) is 2.05. The fraction of sp³-hybridized carbons (Fsp3) is 0.300. The summed E-state index contributed by atoms with van der Waals surface area (Å²) in [7, 11) is 3.32. The molecular weight excluding hydrogens is 356 g/mol. The molecule has 3 heterocycles. The minimum Gasteiger partial charge on any atom is -0.494 e. The van der Waals surface area contributed by atoms with Crippen LogP contribution in [0.1, 0.15) is 24.5 Å². The van der Waals surface area contributed by atoms with E-state index in [0.29, 0.717) is 12.5 Å². The highest BCUT2D eigenvalue weighted by Crippen LogP contribution is 2.41. The molecule has 1 fully saturated rings. The van der Waals surface area contributed by atoms with E-state index in [4.69, 9.17) is 9.47 Å². The Bertz CT molecular complexity index is 966. The van der Waals surface area contributed by atoms with Crippen LogP contribution in [0.5, 0.6) is 11.5 Å². The number of hydrogen-bond acceptors (Lipinski definition) is 7. The van der Waals surface area contributed by atoms with E-state index in [0.717, 1.165) is 34.7 Å². The van der Waals surface area contributed by atoms with Crippen LogP contribution in [0.2, 0.25) is 0 Å². The summed E-state index contributed by atoms with van der Waals surface area (Å²) in [5.74, 6) is 4.68. The largest absolute Gasteiger partial charge is 0.494 e. The lowest BCUT2D eigenvalue weighted by atomic mass is 10.2. The first-order chi connectivity index (χ1) is 13.8. The molecule has 8 heteroatoms. The fourth-order valence-electron chi connectivity index (χ4n) is 3.56. The molecule has 1 aromatic heterocycles. The second kappa shape index (κ2) is 6.72. The first-order valence-electron chi connectivity index (χ1n) is 9.31. The van der Waals surface area contributed by atoms with Crippen molar-refractivity contribution < 1.29 is 9.47 Å². The third kappa shape index (κ3) is 2.91. The highest BCUT2D eigenvalue weighted by atomic mass is 16.5. The zero-order valence-electron chi connectivity index (χ0n) is 15.8. The Hall–Kier alpha value is -3.26. The Labute approximate surface area is 163 Å². The van der Waals surface area contributed by atoms with Crippen molar-refractivity contribution in [1.29, 1.82) is 0 Å². The molecule has 0 amide bonds. The van der Waals surface area contributed by atoms with Gasteiger partial charge in [0.1, 0.15) is 23.7 Å². The molecule has 1 aromatic carbocycles. The van der Waals surface area contributed by atoms with Crippen LogP contribution < -0.4 is 24.6 Å². The van der Waals surface area contributed by atoms with Gasteiger partial charge >= 0.3 is 0 Å². The molecule has 8 nitrogen and oxygen atoms in total. The lowest BCUT2D eigenvalue weighted by Gasteiger charge is -2.27. The van der Waals surface area contributed by atoms with Crippen LogP contribution in [0, 0.1) is 0 Å². The highest BCUT2D eigenvalue weighted by molar-refractivity contribution is 5.96. The molecule has 3 aliphatic rings. The minimum atomic E-state index is 0.600. The zero-order valence-corrected chi connectivity index (χ0v) is 15.8. The van der Waals surface area contributed by atoms with E-state index < -0.39 is 0 Å². The Kier molecular flexibility index (Phi) is 4.05. The quantitative estimate of drug-likeness (QED) is 0.755. The molecule has 2 aromatic rings. The van der Waals surface area contributed by atoms with E-state index in [2.05, 4.69) is 31.5 Å². The number of aromatic nitrogens is 2. The molecule has 1 saturated carbocycles. The molecule has 5 rings (SSSR count). The molecule has 28 heavy (non-hydrogen) atoms. The van der Waals surface area contributed by atoms with Crippen LogP contribution in [-0.4, -0.2) is 36.8 Å². The minimum absolute atomic E-state index is 0.600. The van der Waals surface area contributed by atoms with Crippen molar-refractivity contribution in [3.05, 3.63) is 54.4 Å². The number of fused-ring (bicyclic) bond motifs is 1. The topological polar surface area (TPSA) is 80.7 Å². The van der Waals surface area contributed by atoms with Gasteiger partial charge in [-0.1, -0.05) is 6.07 Å². The van der Waals surface area contributed by atoms with E-state index in [1.807, 2.05) is 35.5 Å². The van der Waals surface area contributed by atoms with Gasteiger partial charge in [0, 0.05) is 17.7 Å². The number of rotatable bonds is 6. The average Bonchev–Trinajstić information content (AvgIpc) is 3.28. The molecule has 0 unspecified atom stereocenters. The Morgan fingerprint density at radius 1 is 1.21 bits per heavy atom. The summed E-state index contributed by atoms with van der Waals surface area (Å²) in [6.45, 7) is 0.600. The van der Waals surface area contributed by atoms with Gasteiger partial charge in [-0.05, 0) is 29.9 Å². The van der Waals surface area contributed by atoms with E-state index >= 15 is 0 Å². The van der Waals surface area contributed by atoms with Gasteiger partial charge in [-0.3, -0.25) is 10.4 Å². The predicted molar refractivity (Wildman–Crippen MR) is 108 cm³/mol. The number of anilines is 2. The van der Waals surface area contributed by atoms with Crippen LogP contribution in [0.3, 0.4) is 0 Å². The van der Waals surface area contributed by atoms with Crippen LogP contribution >= 0.6 is 0 Å². The van der Waals surface area contributed by atoms with Crippen molar-refractivity contribution in [3.8, 4) is 11.5 Å². The standard InChI is InChI=1S/C20H22N6O2/c1-27-15-4-3-5-16(28-2)20(15)25-11-18-21-8-9-26(18)19(12-25)22-17-10-14(23-24-17)13-6-7-13/h3-5,8-10,12-13H,6-7,11H2,1-2H3,(H2,22,23,24)/q+1. The maximum absolute atomic E-state index is 5.58. The van der Waals surface area contributed by atoms with E-state index in [1.165, 1.54) is 18.5 Å². The van der Waals surface area contributed by atoms with E-state index in [-0.39, 0.29) is 0 Å². The van der Waals surface area contributed by atoms with Crippen LogP contribution in [0.4, 0.5) is 11.5 Å². The number of H-pyrrole nitrogens is 1. The van der Waals surface area contributed by atoms with Gasteiger partial charge in [0.15, 0.2) is 12.0 Å². The molecule has 0 atom stereocenters. The first kappa shape index (κ1) is 16.9. The van der Waals surface area contributed by atoms with Crippen molar-refractivity contribution in [2.24, 2.45) is 4.99 Å². The zero-order chi connectivity index (χ0) is 19.1. The number of nitrogens with zero attached hydrogens (tertiary/aromatic N) is 4. The number of aromatic amines is 1. The smallest absolute Gasteiger partial charge is 0.284 e. The molecule has 2 aliphatic heterocycles. The number of methoxy groups -OCH3 is 2. The number of hydrogen-bond donors (Lipinski definition) is 2. The summed E-state index contributed by atoms with van der Waals surface area (Å²) < 4.78 is 11.2. The maximum Gasteiger partial charge on any atom is 0.284 e. The van der Waals surface area contributed by atoms with Crippen LogP contribution in [-0.2, 0) is 0 Å². The SMILES string of the molecule is COc1cccc(OC)c1N1C=C(Nc2cc(C3CC3)[nH]n2)[N+]2C=CN=C2C1. The number of benzene rings is 1. The maximum atomic E-state index is 5.58. The monoisotopic (exact) mass is 378 g/mol. The van der Waals surface area contributed by atoms with Crippen molar-refractivity contribution in [2.75, 3.05) is 31.0 Å². The summed E-state index contributed by atoms with van der Waals surface area (Å²) in [6.07, 6.45) is 8.24. The van der Waals surface area contributed by atoms with Crippen molar-refractivity contribution in [2.45, 2.75) is 18.8 Å². The van der Waals surface area contributed by atoms with Crippen molar-refractivity contribution in [3.63, 3.8) is 0 Å². The van der Waals surface area contributed by atoms with Gasteiger partial charge in [-0.15, -0.1) is 0 Å². The van der Waals surface area contributed by atoms with E-state index in [9.17, 15) is 0 Å². The molecule has 1 radical (unpaired) electrons. The summed E-state index contributed by atoms with van der Waals surface area (Å²) in [4.78, 5) is 8.62. The molecule has 0 bridgehead atoms. The Morgan fingerprint density at radius 3 is 2.71 bits per heavy atom. The van der Waals surface area contributed by atoms with Gasteiger partial charge < -0.3 is 14.4 Å². The third-order valence-electron chi connectivity index (χ3n) is 5.13. The second-order valence-corrected chi connectivity index (χ2v) is 6.97.